The van der Waals surface area contributed by atoms with Crippen LogP contribution in [-0.2, 0) is 23.0 Å². The Morgan fingerprint density at radius 2 is 1.79 bits per heavy atom. The highest BCUT2D eigenvalue weighted by Crippen LogP contribution is 2.37. The molecule has 2 atom stereocenters. The number of anilines is 1. The van der Waals surface area contributed by atoms with Gasteiger partial charge in [0.25, 0.3) is 11.8 Å². The predicted molar refractivity (Wildman–Crippen MR) is 134 cm³/mol. The number of benzene rings is 1. The fourth-order valence-corrected chi connectivity index (χ4v) is 7.95. The summed E-state index contributed by atoms with van der Waals surface area (Å²) in [5.74, 6) is -0.338. The molecule has 3 heterocycles. The Bertz CT molecular complexity index is 1180. The number of nitrogens with zero attached hydrogens (tertiary/aromatic N) is 2. The van der Waals surface area contributed by atoms with E-state index in [1.54, 1.807) is 0 Å². The Hall–Kier alpha value is -2.27. The Kier molecular flexibility index (Phi) is 7.14. The highest BCUT2D eigenvalue weighted by molar-refractivity contribution is 7.89. The van der Waals surface area contributed by atoms with E-state index in [4.69, 9.17) is 5.73 Å². The molecule has 0 unspecified atom stereocenters. The number of carbonyl (C=O) groups is 2. The number of nitrogens with one attached hydrogen (secondary N) is 1. The van der Waals surface area contributed by atoms with Crippen molar-refractivity contribution in [2.24, 2.45) is 17.6 Å². The van der Waals surface area contributed by atoms with Crippen molar-refractivity contribution < 1.29 is 18.0 Å². The lowest BCUT2D eigenvalue weighted by atomic mass is 9.94. The molecule has 1 aromatic heterocycles. The molecular weight excluding hydrogens is 472 g/mol. The van der Waals surface area contributed by atoms with E-state index in [0.717, 1.165) is 36.5 Å². The molecule has 1 aromatic carbocycles. The van der Waals surface area contributed by atoms with Crippen LogP contribution in [0.5, 0.6) is 0 Å². The van der Waals surface area contributed by atoms with Crippen LogP contribution in [0.4, 0.5) is 5.00 Å². The number of fused-ring (bicyclic) bond motifs is 1. The summed E-state index contributed by atoms with van der Waals surface area (Å²) < 4.78 is 27.7. The molecule has 0 saturated carbocycles. The molecular formula is C24H32N4O4S2. The lowest BCUT2D eigenvalue weighted by Gasteiger charge is -2.34. The van der Waals surface area contributed by atoms with Crippen LogP contribution in [0.25, 0.3) is 0 Å². The Morgan fingerprint density at radius 3 is 2.38 bits per heavy atom. The maximum Gasteiger partial charge on any atom is 0.256 e. The molecule has 0 bridgehead atoms. The Morgan fingerprint density at radius 1 is 1.15 bits per heavy atom. The van der Waals surface area contributed by atoms with Crippen LogP contribution >= 0.6 is 11.3 Å². The van der Waals surface area contributed by atoms with Gasteiger partial charge in [0, 0.05) is 36.6 Å². The average molecular weight is 505 g/mol. The van der Waals surface area contributed by atoms with E-state index in [1.165, 1.54) is 39.9 Å². The predicted octanol–water partition coefficient (Wildman–Crippen LogP) is 3.14. The topological polar surface area (TPSA) is 113 Å². The molecule has 34 heavy (non-hydrogen) atoms. The van der Waals surface area contributed by atoms with Crippen molar-refractivity contribution in [1.29, 1.82) is 0 Å². The fourth-order valence-electron chi connectivity index (χ4n) is 4.98. The molecule has 4 rings (SSSR count). The molecule has 0 spiro atoms. The molecule has 8 nitrogen and oxygen atoms in total. The van der Waals surface area contributed by atoms with Gasteiger partial charge in [-0.05, 0) is 61.1 Å². The minimum atomic E-state index is -3.62. The molecule has 10 heteroatoms. The summed E-state index contributed by atoms with van der Waals surface area (Å²) in [6.07, 6.45) is 1.73. The van der Waals surface area contributed by atoms with Crippen LogP contribution in [0.3, 0.4) is 0 Å². The highest BCUT2D eigenvalue weighted by atomic mass is 32.2. The molecule has 2 amide bonds. The maximum absolute atomic E-state index is 13.1. The van der Waals surface area contributed by atoms with Crippen molar-refractivity contribution >= 4 is 38.2 Å². The molecule has 184 valence electrons. The SMILES string of the molecule is CCN1CCc2c(sc(NC(=O)c3ccc(S(=O)(=O)N4C[C@H](C)C[C@H](C)C4)cc3)c2C(N)=O)C1. The number of likely N-dealkylation sites (N-methyl/N-ethyl adjacent to an activating group) is 1. The molecule has 0 aliphatic carbocycles. The van der Waals surface area contributed by atoms with Gasteiger partial charge in [0.05, 0.1) is 10.5 Å². The number of hydrogen-bond acceptors (Lipinski definition) is 6. The normalized spacial score (nSPS) is 21.7. The van der Waals surface area contributed by atoms with Gasteiger partial charge >= 0.3 is 0 Å². The first-order chi connectivity index (χ1) is 16.1. The summed E-state index contributed by atoms with van der Waals surface area (Å²) in [7, 11) is -3.62. The second-order valence-electron chi connectivity index (χ2n) is 9.44. The van der Waals surface area contributed by atoms with Crippen LogP contribution in [0.1, 0.15) is 58.3 Å². The Labute approximate surface area is 205 Å². The molecule has 2 aliphatic rings. The maximum atomic E-state index is 13.1. The minimum Gasteiger partial charge on any atom is -0.365 e. The van der Waals surface area contributed by atoms with Crippen molar-refractivity contribution in [3.63, 3.8) is 0 Å². The monoisotopic (exact) mass is 504 g/mol. The highest BCUT2D eigenvalue weighted by Gasteiger charge is 2.32. The number of rotatable bonds is 6. The number of primary amides is 1. The third-order valence-corrected chi connectivity index (χ3v) is 9.62. The molecule has 3 N–H and O–H groups in total. The van der Waals surface area contributed by atoms with E-state index in [1.807, 2.05) is 0 Å². The molecule has 0 radical (unpaired) electrons. The number of thiophene rings is 1. The standard InChI is InChI=1S/C24H32N4O4S2/c1-4-27-10-9-19-20(14-27)33-24(21(19)22(25)29)26-23(30)17-5-7-18(8-6-17)34(31,32)28-12-15(2)11-16(3)13-28/h5-8,15-16H,4,9-14H2,1-3H3,(H2,25,29)(H,26,30)/t15-,16+. The van der Waals surface area contributed by atoms with E-state index in [0.29, 0.717) is 47.5 Å². The summed E-state index contributed by atoms with van der Waals surface area (Å²) >= 11 is 1.38. The largest absolute Gasteiger partial charge is 0.365 e. The second kappa shape index (κ2) is 9.77. The Balaban J connectivity index is 1.53. The van der Waals surface area contributed by atoms with Crippen molar-refractivity contribution in [3.05, 3.63) is 45.8 Å². The number of carbonyl (C=O) groups excluding carboxylic acids is 2. The number of piperidine rings is 1. The van der Waals surface area contributed by atoms with Crippen molar-refractivity contribution in [2.45, 2.75) is 45.1 Å². The van der Waals surface area contributed by atoms with Gasteiger partial charge in [-0.15, -0.1) is 11.3 Å². The van der Waals surface area contributed by atoms with Gasteiger partial charge in [-0.1, -0.05) is 20.8 Å². The quantitative estimate of drug-likeness (QED) is 0.628. The summed E-state index contributed by atoms with van der Waals surface area (Å²) in [4.78, 5) is 28.6. The number of hydrogen-bond donors (Lipinski definition) is 2. The second-order valence-corrected chi connectivity index (χ2v) is 12.5. The molecule has 2 aromatic rings. The average Bonchev–Trinajstić information content (AvgIpc) is 3.15. The summed E-state index contributed by atoms with van der Waals surface area (Å²) in [5, 5.41) is 3.28. The van der Waals surface area contributed by atoms with Crippen molar-refractivity contribution in [3.8, 4) is 0 Å². The first kappa shape index (κ1) is 24.8. The van der Waals surface area contributed by atoms with Gasteiger partial charge in [0.1, 0.15) is 5.00 Å². The number of nitrogens with two attached hydrogens (primary N) is 1. The fraction of sp³-hybridized carbons (Fsp3) is 0.500. The number of amides is 2. The molecule has 1 fully saturated rings. The molecule has 2 aliphatic heterocycles. The zero-order valence-corrected chi connectivity index (χ0v) is 21.5. The van der Waals surface area contributed by atoms with E-state index >= 15 is 0 Å². The number of sulfonamides is 1. The summed E-state index contributed by atoms with van der Waals surface area (Å²) in [6.45, 7) is 9.71. The van der Waals surface area contributed by atoms with Crippen LogP contribution in [0.2, 0.25) is 0 Å². The third-order valence-electron chi connectivity index (χ3n) is 6.65. The van der Waals surface area contributed by atoms with E-state index in [2.05, 4.69) is 31.0 Å². The summed E-state index contributed by atoms with van der Waals surface area (Å²) in [5.41, 5.74) is 7.28. The van der Waals surface area contributed by atoms with Crippen LogP contribution in [-0.4, -0.2) is 55.6 Å². The van der Waals surface area contributed by atoms with E-state index in [-0.39, 0.29) is 4.90 Å². The summed E-state index contributed by atoms with van der Waals surface area (Å²) in [6, 6.07) is 5.97. The zero-order chi connectivity index (χ0) is 24.6. The first-order valence-corrected chi connectivity index (χ1v) is 13.9. The smallest absolute Gasteiger partial charge is 0.256 e. The van der Waals surface area contributed by atoms with E-state index < -0.39 is 21.8 Å². The first-order valence-electron chi connectivity index (χ1n) is 11.7. The zero-order valence-electron chi connectivity index (χ0n) is 19.8. The molecule has 1 saturated heterocycles. The van der Waals surface area contributed by atoms with Gasteiger partial charge in [-0.3, -0.25) is 14.5 Å². The van der Waals surface area contributed by atoms with Crippen molar-refractivity contribution in [1.82, 2.24) is 9.21 Å². The van der Waals surface area contributed by atoms with Crippen molar-refractivity contribution in [2.75, 3.05) is 31.5 Å². The lowest BCUT2D eigenvalue weighted by Crippen LogP contribution is -2.42. The van der Waals surface area contributed by atoms with Gasteiger partial charge < -0.3 is 11.1 Å². The van der Waals surface area contributed by atoms with E-state index in [9.17, 15) is 18.0 Å². The van der Waals surface area contributed by atoms with Crippen LogP contribution < -0.4 is 11.1 Å². The van der Waals surface area contributed by atoms with Gasteiger partial charge in [-0.25, -0.2) is 8.42 Å². The van der Waals surface area contributed by atoms with Gasteiger partial charge in [-0.2, -0.15) is 4.31 Å². The van der Waals surface area contributed by atoms with Gasteiger partial charge in [0.15, 0.2) is 0 Å². The van der Waals surface area contributed by atoms with Crippen LogP contribution in [0, 0.1) is 11.8 Å². The van der Waals surface area contributed by atoms with Crippen LogP contribution in [0.15, 0.2) is 29.2 Å². The lowest BCUT2D eigenvalue weighted by molar-refractivity contribution is 0.1000. The van der Waals surface area contributed by atoms with Gasteiger partial charge in [0.2, 0.25) is 10.0 Å². The minimum absolute atomic E-state index is 0.175. The third kappa shape index (κ3) is 4.91.